The molecule has 2 aliphatic rings. The lowest BCUT2D eigenvalue weighted by Crippen LogP contribution is -2.24. The monoisotopic (exact) mass is 232 g/mol. The maximum atomic E-state index is 11.6. The van der Waals surface area contributed by atoms with Gasteiger partial charge in [0.15, 0.2) is 0 Å². The topological polar surface area (TPSA) is 38.8 Å². The van der Waals surface area contributed by atoms with Crippen molar-refractivity contribution in [2.24, 2.45) is 5.92 Å². The number of carbonyl (C=O) groups excluding carboxylic acids is 1. The zero-order valence-electron chi connectivity index (χ0n) is 8.78. The quantitative estimate of drug-likeness (QED) is 0.315. The summed E-state index contributed by atoms with van der Waals surface area (Å²) in [5.74, 6) is 0.668. The van der Waals surface area contributed by atoms with Crippen molar-refractivity contribution < 1.29 is 14.3 Å². The van der Waals surface area contributed by atoms with Crippen molar-refractivity contribution in [2.45, 2.75) is 44.3 Å². The molecule has 0 unspecified atom stereocenters. The molecule has 1 heterocycles. The Kier molecular flexibility index (Phi) is 3.87. The highest BCUT2D eigenvalue weighted by Crippen LogP contribution is 2.39. The van der Waals surface area contributed by atoms with E-state index in [1.165, 1.54) is 0 Å². The molecule has 15 heavy (non-hydrogen) atoms. The molecule has 2 fully saturated rings. The molecule has 0 N–H and O–H groups in total. The second-order valence-corrected chi connectivity index (χ2v) is 4.66. The molecule has 1 aliphatic heterocycles. The van der Waals surface area contributed by atoms with Gasteiger partial charge in [0.25, 0.3) is 0 Å². The number of epoxide rings is 1. The first-order chi connectivity index (χ1) is 7.31. The Morgan fingerprint density at radius 3 is 2.93 bits per heavy atom. The Balaban J connectivity index is 1.62. The number of hydrogen-bond donors (Lipinski definition) is 0. The highest BCUT2D eigenvalue weighted by molar-refractivity contribution is 6.17. The number of hydrogen-bond acceptors (Lipinski definition) is 3. The van der Waals surface area contributed by atoms with Gasteiger partial charge in [-0.2, -0.15) is 0 Å². The number of esters is 1. The number of halogens is 1. The molecule has 1 saturated heterocycles. The molecule has 0 radical (unpaired) electrons. The van der Waals surface area contributed by atoms with Gasteiger partial charge in [-0.1, -0.05) is 0 Å². The molecule has 3 nitrogen and oxygen atoms in total. The zero-order valence-corrected chi connectivity index (χ0v) is 9.54. The lowest BCUT2D eigenvalue weighted by Gasteiger charge is -2.17. The second kappa shape index (κ2) is 5.17. The normalized spacial score (nSPS) is 33.3. The Hall–Kier alpha value is -0.280. The molecule has 0 bridgehead atoms. The summed E-state index contributed by atoms with van der Waals surface area (Å²) in [6.07, 6.45) is 5.38. The summed E-state index contributed by atoms with van der Waals surface area (Å²) in [7, 11) is 0. The van der Waals surface area contributed by atoms with Crippen LogP contribution in [0.3, 0.4) is 0 Å². The molecule has 3 atom stereocenters. The van der Waals surface area contributed by atoms with Crippen LogP contribution in [-0.4, -0.2) is 30.7 Å². The summed E-state index contributed by atoms with van der Waals surface area (Å²) in [5.41, 5.74) is 0. The number of carbonyl (C=O) groups is 1. The summed E-state index contributed by atoms with van der Waals surface area (Å²) in [4.78, 5) is 11.6. The van der Waals surface area contributed by atoms with E-state index < -0.39 is 0 Å². The van der Waals surface area contributed by atoms with Crippen molar-refractivity contribution >= 4 is 17.6 Å². The van der Waals surface area contributed by atoms with Crippen LogP contribution in [0.1, 0.15) is 32.1 Å². The van der Waals surface area contributed by atoms with Gasteiger partial charge < -0.3 is 9.47 Å². The lowest BCUT2D eigenvalue weighted by atomic mass is 9.89. The molecule has 0 aromatic rings. The summed E-state index contributed by atoms with van der Waals surface area (Å²) in [6, 6.07) is 0. The van der Waals surface area contributed by atoms with Gasteiger partial charge >= 0.3 is 5.97 Å². The first-order valence-electron chi connectivity index (χ1n) is 5.69. The summed E-state index contributed by atoms with van der Waals surface area (Å²) < 4.78 is 10.6. The van der Waals surface area contributed by atoms with Crippen LogP contribution in [0.25, 0.3) is 0 Å². The summed E-state index contributed by atoms with van der Waals surface area (Å²) in [5, 5.41) is 0. The smallest absolute Gasteiger partial charge is 0.309 e. The van der Waals surface area contributed by atoms with Crippen molar-refractivity contribution in [3.8, 4) is 0 Å². The minimum absolute atomic E-state index is 0.0430. The number of unbranched alkanes of at least 4 members (excludes halogenated alkanes) is 1. The molecule has 4 heteroatoms. The van der Waals surface area contributed by atoms with Gasteiger partial charge in [-0.25, -0.2) is 0 Å². The van der Waals surface area contributed by atoms with Crippen LogP contribution in [-0.2, 0) is 14.3 Å². The number of ether oxygens (including phenoxy) is 2. The van der Waals surface area contributed by atoms with Crippen molar-refractivity contribution in [1.29, 1.82) is 0 Å². The minimum Gasteiger partial charge on any atom is -0.465 e. The standard InChI is InChI=1S/C11H17ClO3/c12-5-1-2-6-14-11(13)8-3-4-9-10(7-8)15-9/h8-10H,1-7H2/t8-,9-,10+/m1/s1. The van der Waals surface area contributed by atoms with E-state index in [2.05, 4.69) is 0 Å². The fourth-order valence-electron chi connectivity index (χ4n) is 2.11. The van der Waals surface area contributed by atoms with E-state index in [4.69, 9.17) is 21.1 Å². The maximum absolute atomic E-state index is 11.6. The molecular weight excluding hydrogens is 216 g/mol. The zero-order chi connectivity index (χ0) is 10.7. The third-order valence-electron chi connectivity index (χ3n) is 3.11. The fourth-order valence-corrected chi connectivity index (χ4v) is 2.29. The molecule has 0 spiro atoms. The van der Waals surface area contributed by atoms with E-state index in [-0.39, 0.29) is 11.9 Å². The molecule has 1 aliphatic carbocycles. The number of alkyl halides is 1. The van der Waals surface area contributed by atoms with Gasteiger partial charge in [-0.05, 0) is 32.1 Å². The van der Waals surface area contributed by atoms with Crippen LogP contribution in [0.2, 0.25) is 0 Å². The predicted octanol–water partition coefficient (Wildman–Crippen LogP) is 2.12. The SMILES string of the molecule is O=C(OCCCCCl)[C@@H]1CC[C@H]2O[C@H]2C1. The third-order valence-corrected chi connectivity index (χ3v) is 3.38. The van der Waals surface area contributed by atoms with Crippen molar-refractivity contribution in [1.82, 2.24) is 0 Å². The van der Waals surface area contributed by atoms with Crippen molar-refractivity contribution in [3.05, 3.63) is 0 Å². The van der Waals surface area contributed by atoms with Gasteiger partial charge in [-0.15, -0.1) is 11.6 Å². The van der Waals surface area contributed by atoms with Crippen LogP contribution in [0, 0.1) is 5.92 Å². The highest BCUT2D eigenvalue weighted by atomic mass is 35.5. The van der Waals surface area contributed by atoms with E-state index in [0.29, 0.717) is 24.7 Å². The Labute approximate surface area is 95.1 Å². The highest BCUT2D eigenvalue weighted by Gasteiger charge is 2.46. The Bertz CT molecular complexity index is 232. The average molecular weight is 233 g/mol. The van der Waals surface area contributed by atoms with Gasteiger partial charge in [0, 0.05) is 5.88 Å². The minimum atomic E-state index is -0.0430. The van der Waals surface area contributed by atoms with E-state index >= 15 is 0 Å². The van der Waals surface area contributed by atoms with Crippen LogP contribution >= 0.6 is 11.6 Å². The molecule has 0 aromatic heterocycles. The van der Waals surface area contributed by atoms with E-state index in [1.807, 2.05) is 0 Å². The second-order valence-electron chi connectivity index (χ2n) is 4.29. The van der Waals surface area contributed by atoms with Crippen LogP contribution in [0.4, 0.5) is 0 Å². The molecule has 86 valence electrons. The third kappa shape index (κ3) is 3.08. The van der Waals surface area contributed by atoms with E-state index in [0.717, 1.165) is 32.1 Å². The number of rotatable bonds is 5. The van der Waals surface area contributed by atoms with Gasteiger partial charge in [-0.3, -0.25) is 4.79 Å². The molecule has 2 rings (SSSR count). The Morgan fingerprint density at radius 1 is 1.33 bits per heavy atom. The molecule has 1 saturated carbocycles. The summed E-state index contributed by atoms with van der Waals surface area (Å²) >= 11 is 5.53. The van der Waals surface area contributed by atoms with Crippen molar-refractivity contribution in [2.75, 3.05) is 12.5 Å². The molecular formula is C11H17ClO3. The van der Waals surface area contributed by atoms with Crippen molar-refractivity contribution in [3.63, 3.8) is 0 Å². The van der Waals surface area contributed by atoms with Gasteiger partial charge in [0.05, 0.1) is 24.7 Å². The summed E-state index contributed by atoms with van der Waals surface area (Å²) in [6.45, 7) is 0.511. The lowest BCUT2D eigenvalue weighted by molar-refractivity contribution is -0.149. The van der Waals surface area contributed by atoms with Gasteiger partial charge in [0.2, 0.25) is 0 Å². The first-order valence-corrected chi connectivity index (χ1v) is 6.23. The largest absolute Gasteiger partial charge is 0.465 e. The van der Waals surface area contributed by atoms with E-state index in [9.17, 15) is 4.79 Å². The van der Waals surface area contributed by atoms with E-state index in [1.54, 1.807) is 0 Å². The molecule has 0 aromatic carbocycles. The molecule has 0 amide bonds. The maximum Gasteiger partial charge on any atom is 0.309 e. The van der Waals surface area contributed by atoms with Gasteiger partial charge in [0.1, 0.15) is 0 Å². The Morgan fingerprint density at radius 2 is 2.20 bits per heavy atom. The fraction of sp³-hybridized carbons (Fsp3) is 0.909. The van der Waals surface area contributed by atoms with Crippen LogP contribution < -0.4 is 0 Å². The predicted molar refractivity (Wildman–Crippen MR) is 56.9 cm³/mol. The average Bonchev–Trinajstić information content (AvgIpc) is 3.01. The number of fused-ring (bicyclic) bond motifs is 1. The first kappa shape index (κ1) is 11.2. The van der Waals surface area contributed by atoms with Crippen LogP contribution in [0.5, 0.6) is 0 Å². The van der Waals surface area contributed by atoms with Crippen LogP contribution in [0.15, 0.2) is 0 Å².